The lowest BCUT2D eigenvalue weighted by Gasteiger charge is -2.09. The zero-order valence-electron chi connectivity index (χ0n) is 15.9. The molecule has 1 aliphatic heterocycles. The molecule has 4 rings (SSSR count). The Kier molecular flexibility index (Phi) is 5.36. The van der Waals surface area contributed by atoms with E-state index in [2.05, 4.69) is 11.6 Å². The molecular formula is C24H19ClFNO2. The highest BCUT2D eigenvalue weighted by atomic mass is 35.5. The van der Waals surface area contributed by atoms with Gasteiger partial charge in [-0.15, -0.1) is 0 Å². The minimum absolute atomic E-state index is 0.152. The van der Waals surface area contributed by atoms with Crippen LogP contribution in [-0.4, -0.2) is 12.5 Å². The van der Waals surface area contributed by atoms with Crippen LogP contribution < -0.4 is 4.74 Å². The predicted octanol–water partition coefficient (Wildman–Crippen LogP) is 6.58. The first kappa shape index (κ1) is 19.2. The average molecular weight is 408 g/mol. The second-order valence-corrected chi connectivity index (χ2v) is 6.99. The van der Waals surface area contributed by atoms with Crippen LogP contribution in [0.15, 0.2) is 84.1 Å². The monoisotopic (exact) mass is 407 g/mol. The molecule has 0 unspecified atom stereocenters. The summed E-state index contributed by atoms with van der Waals surface area (Å²) in [6, 6.07) is 20.0. The van der Waals surface area contributed by atoms with Crippen molar-refractivity contribution in [3.63, 3.8) is 0 Å². The molecule has 0 amide bonds. The quantitative estimate of drug-likeness (QED) is 0.478. The Hall–Kier alpha value is -3.11. The van der Waals surface area contributed by atoms with Gasteiger partial charge in [0, 0.05) is 0 Å². The SMILES string of the molecule is C=C1OC(c2c(F)cccc2Cl)=N[C@@H]1c1ccc(-c2ccc(OCC)cc2)cc1. The van der Waals surface area contributed by atoms with Crippen LogP contribution in [0.1, 0.15) is 24.1 Å². The summed E-state index contributed by atoms with van der Waals surface area (Å²) in [7, 11) is 0. The Labute approximate surface area is 174 Å². The lowest BCUT2D eigenvalue weighted by molar-refractivity contribution is 0.340. The highest BCUT2D eigenvalue weighted by molar-refractivity contribution is 6.34. The van der Waals surface area contributed by atoms with Gasteiger partial charge in [0.15, 0.2) is 0 Å². The van der Waals surface area contributed by atoms with Crippen LogP contribution in [0, 0.1) is 5.82 Å². The van der Waals surface area contributed by atoms with E-state index in [1.54, 1.807) is 12.1 Å². The first-order valence-electron chi connectivity index (χ1n) is 9.29. The molecule has 1 heterocycles. The minimum atomic E-state index is -0.476. The van der Waals surface area contributed by atoms with E-state index in [-0.39, 0.29) is 16.5 Å². The largest absolute Gasteiger partial charge is 0.494 e. The molecule has 3 aromatic rings. The fourth-order valence-corrected chi connectivity index (χ4v) is 3.49. The zero-order chi connectivity index (χ0) is 20.4. The molecule has 0 aromatic heterocycles. The zero-order valence-corrected chi connectivity index (χ0v) is 16.6. The molecule has 1 aliphatic rings. The first-order valence-corrected chi connectivity index (χ1v) is 9.66. The molecule has 0 saturated carbocycles. The Bertz CT molecular complexity index is 1050. The normalized spacial score (nSPS) is 15.8. The van der Waals surface area contributed by atoms with Crippen molar-refractivity contribution < 1.29 is 13.9 Å². The van der Waals surface area contributed by atoms with Crippen LogP contribution in [0.25, 0.3) is 11.1 Å². The standard InChI is InChI=1S/C24H19ClFNO2/c1-3-28-19-13-11-17(12-14-19)16-7-9-18(10-8-16)23-15(2)29-24(27-23)22-20(25)5-4-6-21(22)26/h4-14,23H,2-3H2,1H3/t23-/m0/s1. The topological polar surface area (TPSA) is 30.8 Å². The maximum atomic E-state index is 14.2. The van der Waals surface area contributed by atoms with Crippen molar-refractivity contribution in [1.29, 1.82) is 0 Å². The van der Waals surface area contributed by atoms with E-state index < -0.39 is 11.9 Å². The van der Waals surface area contributed by atoms with Crippen molar-refractivity contribution in [3.8, 4) is 16.9 Å². The smallest absolute Gasteiger partial charge is 0.227 e. The summed E-state index contributed by atoms with van der Waals surface area (Å²) in [5.74, 6) is 0.961. The minimum Gasteiger partial charge on any atom is -0.494 e. The van der Waals surface area contributed by atoms with E-state index in [0.29, 0.717) is 12.4 Å². The fourth-order valence-electron chi connectivity index (χ4n) is 3.24. The Morgan fingerprint density at radius 3 is 2.31 bits per heavy atom. The summed E-state index contributed by atoms with van der Waals surface area (Å²) in [6.45, 7) is 6.54. The number of benzene rings is 3. The van der Waals surface area contributed by atoms with Crippen molar-refractivity contribution in [2.24, 2.45) is 4.99 Å². The summed E-state index contributed by atoms with van der Waals surface area (Å²) in [4.78, 5) is 4.52. The van der Waals surface area contributed by atoms with E-state index in [1.807, 2.05) is 55.5 Å². The molecule has 29 heavy (non-hydrogen) atoms. The van der Waals surface area contributed by atoms with Gasteiger partial charge >= 0.3 is 0 Å². The highest BCUT2D eigenvalue weighted by Gasteiger charge is 2.29. The number of hydrogen-bond donors (Lipinski definition) is 0. The highest BCUT2D eigenvalue weighted by Crippen LogP contribution is 2.36. The second kappa shape index (κ2) is 8.10. The molecule has 0 radical (unpaired) electrons. The van der Waals surface area contributed by atoms with Crippen molar-refractivity contribution in [2.45, 2.75) is 13.0 Å². The number of halogens is 2. The fraction of sp³-hybridized carbons (Fsp3) is 0.125. The summed E-state index contributed by atoms with van der Waals surface area (Å²) in [5.41, 5.74) is 3.22. The average Bonchev–Trinajstić information content (AvgIpc) is 3.10. The van der Waals surface area contributed by atoms with Crippen LogP contribution in [0.5, 0.6) is 5.75 Å². The predicted molar refractivity (Wildman–Crippen MR) is 114 cm³/mol. The summed E-state index contributed by atoms with van der Waals surface area (Å²) in [6.07, 6.45) is 0. The molecule has 3 aromatic carbocycles. The van der Waals surface area contributed by atoms with Crippen LogP contribution >= 0.6 is 11.6 Å². The number of aliphatic imine (C=N–C) groups is 1. The Morgan fingerprint density at radius 1 is 1.03 bits per heavy atom. The lowest BCUT2D eigenvalue weighted by Crippen LogP contribution is -2.04. The van der Waals surface area contributed by atoms with Crippen LogP contribution in [-0.2, 0) is 4.74 Å². The van der Waals surface area contributed by atoms with Crippen LogP contribution in [0.3, 0.4) is 0 Å². The van der Waals surface area contributed by atoms with Gasteiger partial charge in [0.1, 0.15) is 23.4 Å². The third kappa shape index (κ3) is 3.89. The number of rotatable bonds is 5. The maximum Gasteiger partial charge on any atom is 0.227 e. The van der Waals surface area contributed by atoms with Gasteiger partial charge in [-0.05, 0) is 47.9 Å². The van der Waals surface area contributed by atoms with Gasteiger partial charge in [-0.1, -0.05) is 60.6 Å². The second-order valence-electron chi connectivity index (χ2n) is 6.58. The summed E-state index contributed by atoms with van der Waals surface area (Å²) in [5, 5.41) is 0.253. The van der Waals surface area contributed by atoms with E-state index >= 15 is 0 Å². The van der Waals surface area contributed by atoms with Gasteiger partial charge in [0.2, 0.25) is 5.90 Å². The third-order valence-electron chi connectivity index (χ3n) is 4.68. The summed E-state index contributed by atoms with van der Waals surface area (Å²) >= 11 is 6.13. The number of nitrogens with zero attached hydrogens (tertiary/aromatic N) is 1. The molecule has 5 heteroatoms. The molecular weight excluding hydrogens is 389 g/mol. The van der Waals surface area contributed by atoms with E-state index in [4.69, 9.17) is 21.1 Å². The molecule has 1 atom stereocenters. The van der Waals surface area contributed by atoms with Gasteiger partial charge in [-0.2, -0.15) is 0 Å². The molecule has 0 fully saturated rings. The van der Waals surface area contributed by atoms with Crippen molar-refractivity contribution in [1.82, 2.24) is 0 Å². The molecule has 0 bridgehead atoms. The molecule has 146 valence electrons. The number of hydrogen-bond acceptors (Lipinski definition) is 3. The lowest BCUT2D eigenvalue weighted by atomic mass is 10.0. The van der Waals surface area contributed by atoms with Crippen LogP contribution in [0.2, 0.25) is 5.02 Å². The maximum absolute atomic E-state index is 14.2. The van der Waals surface area contributed by atoms with Gasteiger partial charge in [0.05, 0.1) is 17.2 Å². The van der Waals surface area contributed by atoms with E-state index in [9.17, 15) is 4.39 Å². The van der Waals surface area contributed by atoms with Gasteiger partial charge in [-0.25, -0.2) is 9.38 Å². The van der Waals surface area contributed by atoms with Gasteiger partial charge in [0.25, 0.3) is 0 Å². The van der Waals surface area contributed by atoms with Gasteiger partial charge in [-0.3, -0.25) is 0 Å². The third-order valence-corrected chi connectivity index (χ3v) is 5.00. The number of ether oxygens (including phenoxy) is 2. The Morgan fingerprint density at radius 2 is 1.69 bits per heavy atom. The molecule has 0 spiro atoms. The molecule has 0 saturated heterocycles. The molecule has 3 nitrogen and oxygen atoms in total. The van der Waals surface area contributed by atoms with E-state index in [1.165, 1.54) is 6.07 Å². The van der Waals surface area contributed by atoms with Crippen molar-refractivity contribution in [2.75, 3.05) is 6.61 Å². The van der Waals surface area contributed by atoms with Crippen LogP contribution in [0.4, 0.5) is 4.39 Å². The van der Waals surface area contributed by atoms with Gasteiger partial charge < -0.3 is 9.47 Å². The first-order chi connectivity index (χ1) is 14.1. The summed E-state index contributed by atoms with van der Waals surface area (Å²) < 4.78 is 25.3. The molecule has 0 N–H and O–H groups in total. The van der Waals surface area contributed by atoms with E-state index in [0.717, 1.165) is 22.4 Å². The molecule has 0 aliphatic carbocycles. The van der Waals surface area contributed by atoms with Crippen molar-refractivity contribution >= 4 is 17.5 Å². The Balaban J connectivity index is 1.59. The van der Waals surface area contributed by atoms with Crippen molar-refractivity contribution in [3.05, 3.63) is 101 Å².